The van der Waals surface area contributed by atoms with Crippen molar-refractivity contribution < 1.29 is 14.4 Å². The summed E-state index contributed by atoms with van der Waals surface area (Å²) in [5.74, 6) is -0.0803. The topological polar surface area (TPSA) is 92.4 Å². The van der Waals surface area contributed by atoms with E-state index in [0.29, 0.717) is 34.5 Å². The molecule has 0 spiro atoms. The van der Waals surface area contributed by atoms with Gasteiger partial charge in [-0.2, -0.15) is 0 Å². The second-order valence-electron chi connectivity index (χ2n) is 8.32. The zero-order chi connectivity index (χ0) is 21.1. The van der Waals surface area contributed by atoms with Gasteiger partial charge >= 0.3 is 5.63 Å². The Morgan fingerprint density at radius 3 is 2.63 bits per heavy atom. The highest BCUT2D eigenvalue weighted by Crippen LogP contribution is 2.34. The molecule has 6 nitrogen and oxygen atoms in total. The van der Waals surface area contributed by atoms with E-state index >= 15 is 0 Å². The molecule has 4 rings (SSSR count). The molecule has 1 heterocycles. The number of benzene rings is 2. The standard InChI is InChI=1S/C24H26N2O4/c1-16-21-13-19(11-12-20(21)22(27)30-26-16)25-23(28)24(29,15-18-9-5-6-10-18)14-17-7-3-2-4-8-17/h2-4,7-8,11-13,18,29H,5-6,9-10,14-15H2,1H3,(H,25,28). The van der Waals surface area contributed by atoms with Crippen LogP contribution >= 0.6 is 0 Å². The smallest absolute Gasteiger partial charge is 0.366 e. The number of aryl methyl sites for hydroxylation is 1. The average Bonchev–Trinajstić information content (AvgIpc) is 3.24. The maximum atomic E-state index is 13.3. The van der Waals surface area contributed by atoms with Gasteiger partial charge in [0.05, 0.1) is 11.1 Å². The highest BCUT2D eigenvalue weighted by molar-refractivity contribution is 5.99. The molecule has 0 radical (unpaired) electrons. The van der Waals surface area contributed by atoms with E-state index < -0.39 is 17.1 Å². The molecular formula is C24H26N2O4. The van der Waals surface area contributed by atoms with Gasteiger partial charge in [-0.1, -0.05) is 61.2 Å². The summed E-state index contributed by atoms with van der Waals surface area (Å²) in [6.45, 7) is 1.74. The number of carbonyl (C=O) groups is 1. The molecule has 0 bridgehead atoms. The third-order valence-electron chi connectivity index (χ3n) is 6.02. The first-order valence-electron chi connectivity index (χ1n) is 10.4. The Balaban J connectivity index is 1.61. The van der Waals surface area contributed by atoms with Crippen LogP contribution < -0.4 is 10.9 Å². The molecule has 3 aromatic rings. The number of nitrogens with one attached hydrogen (secondary N) is 1. The van der Waals surface area contributed by atoms with Crippen LogP contribution in [-0.4, -0.2) is 21.8 Å². The second-order valence-corrected chi connectivity index (χ2v) is 8.32. The Kier molecular flexibility index (Phi) is 5.68. The molecule has 2 N–H and O–H groups in total. The van der Waals surface area contributed by atoms with Crippen molar-refractivity contribution in [3.63, 3.8) is 0 Å². The summed E-state index contributed by atoms with van der Waals surface area (Å²) in [6.07, 6.45) is 5.07. The van der Waals surface area contributed by atoms with Crippen molar-refractivity contribution in [1.29, 1.82) is 0 Å². The van der Waals surface area contributed by atoms with Crippen LogP contribution in [0, 0.1) is 12.8 Å². The summed E-state index contributed by atoms with van der Waals surface area (Å²) in [7, 11) is 0. The Morgan fingerprint density at radius 1 is 1.17 bits per heavy atom. The van der Waals surface area contributed by atoms with E-state index in [1.807, 2.05) is 30.3 Å². The van der Waals surface area contributed by atoms with Gasteiger partial charge < -0.3 is 14.9 Å². The van der Waals surface area contributed by atoms with E-state index in [1.165, 1.54) is 0 Å². The minimum Gasteiger partial charge on any atom is -0.380 e. The van der Waals surface area contributed by atoms with Crippen molar-refractivity contribution in [1.82, 2.24) is 5.16 Å². The van der Waals surface area contributed by atoms with Gasteiger partial charge in [0.1, 0.15) is 5.60 Å². The molecule has 1 aromatic heterocycles. The number of amides is 1. The van der Waals surface area contributed by atoms with Crippen LogP contribution in [0.25, 0.3) is 10.8 Å². The van der Waals surface area contributed by atoms with Crippen LogP contribution in [0.5, 0.6) is 0 Å². The maximum absolute atomic E-state index is 13.3. The largest absolute Gasteiger partial charge is 0.380 e. The average molecular weight is 406 g/mol. The predicted molar refractivity (Wildman–Crippen MR) is 115 cm³/mol. The number of hydrogen-bond donors (Lipinski definition) is 2. The highest BCUT2D eigenvalue weighted by Gasteiger charge is 2.39. The zero-order valence-corrected chi connectivity index (χ0v) is 17.1. The van der Waals surface area contributed by atoms with Crippen LogP contribution in [0.3, 0.4) is 0 Å². The number of aliphatic hydroxyl groups is 1. The summed E-state index contributed by atoms with van der Waals surface area (Å²) in [5, 5.41) is 19.1. The van der Waals surface area contributed by atoms with Gasteiger partial charge in [0.25, 0.3) is 5.91 Å². The number of hydrogen-bond acceptors (Lipinski definition) is 5. The van der Waals surface area contributed by atoms with E-state index in [2.05, 4.69) is 10.5 Å². The van der Waals surface area contributed by atoms with Crippen molar-refractivity contribution in [2.75, 3.05) is 5.32 Å². The molecule has 1 unspecified atom stereocenters. The second kappa shape index (κ2) is 8.40. The third kappa shape index (κ3) is 4.28. The fourth-order valence-corrected chi connectivity index (χ4v) is 4.43. The van der Waals surface area contributed by atoms with Crippen molar-refractivity contribution in [3.05, 3.63) is 70.2 Å². The SMILES string of the molecule is Cc1noc(=O)c2ccc(NC(=O)C(O)(Cc3ccccc3)CC3CCCC3)cc12. The summed E-state index contributed by atoms with van der Waals surface area (Å²) < 4.78 is 4.75. The molecule has 156 valence electrons. The van der Waals surface area contributed by atoms with Gasteiger partial charge in [-0.3, -0.25) is 4.79 Å². The number of nitrogens with zero attached hydrogens (tertiary/aromatic N) is 1. The van der Waals surface area contributed by atoms with Gasteiger partial charge in [-0.25, -0.2) is 4.79 Å². The van der Waals surface area contributed by atoms with Gasteiger partial charge in [0, 0.05) is 17.5 Å². The maximum Gasteiger partial charge on any atom is 0.366 e. The minimum absolute atomic E-state index is 0.258. The number of anilines is 1. The Morgan fingerprint density at radius 2 is 1.90 bits per heavy atom. The third-order valence-corrected chi connectivity index (χ3v) is 6.02. The van der Waals surface area contributed by atoms with Crippen LogP contribution in [-0.2, 0) is 11.2 Å². The molecule has 0 saturated heterocycles. The lowest BCUT2D eigenvalue weighted by atomic mass is 9.83. The first-order valence-corrected chi connectivity index (χ1v) is 10.4. The van der Waals surface area contributed by atoms with E-state index in [-0.39, 0.29) is 6.42 Å². The number of rotatable bonds is 6. The molecule has 0 aliphatic heterocycles. The Labute approximate surface area is 174 Å². The van der Waals surface area contributed by atoms with Gasteiger partial charge in [0.15, 0.2) is 0 Å². The van der Waals surface area contributed by atoms with Gasteiger partial charge in [0.2, 0.25) is 0 Å². The first-order chi connectivity index (χ1) is 14.4. The lowest BCUT2D eigenvalue weighted by Gasteiger charge is -2.30. The molecule has 1 amide bonds. The molecular weight excluding hydrogens is 380 g/mol. The van der Waals surface area contributed by atoms with E-state index in [9.17, 15) is 14.7 Å². The number of carbonyl (C=O) groups excluding carboxylic acids is 1. The normalized spacial score (nSPS) is 16.5. The highest BCUT2D eigenvalue weighted by atomic mass is 16.5. The minimum atomic E-state index is -1.51. The molecule has 1 aliphatic carbocycles. The molecule has 1 atom stereocenters. The lowest BCUT2D eigenvalue weighted by Crippen LogP contribution is -2.46. The molecule has 6 heteroatoms. The van der Waals surface area contributed by atoms with Crippen molar-refractivity contribution in [3.8, 4) is 0 Å². The molecule has 1 aliphatic rings. The summed E-state index contributed by atoms with van der Waals surface area (Å²) in [4.78, 5) is 25.1. The van der Waals surface area contributed by atoms with E-state index in [4.69, 9.17) is 4.52 Å². The summed E-state index contributed by atoms with van der Waals surface area (Å²) in [5.41, 5.74) is -0.0272. The van der Waals surface area contributed by atoms with Crippen LogP contribution in [0.2, 0.25) is 0 Å². The Hall–Kier alpha value is -2.99. The summed E-state index contributed by atoms with van der Waals surface area (Å²) >= 11 is 0. The zero-order valence-electron chi connectivity index (χ0n) is 17.1. The van der Waals surface area contributed by atoms with Gasteiger partial charge in [-0.15, -0.1) is 0 Å². The number of fused-ring (bicyclic) bond motifs is 1. The lowest BCUT2D eigenvalue weighted by molar-refractivity contribution is -0.135. The van der Waals surface area contributed by atoms with E-state index in [0.717, 1.165) is 31.2 Å². The fraction of sp³-hybridized carbons (Fsp3) is 0.375. The monoisotopic (exact) mass is 406 g/mol. The molecule has 30 heavy (non-hydrogen) atoms. The van der Waals surface area contributed by atoms with Crippen molar-refractivity contribution >= 4 is 22.4 Å². The fourth-order valence-electron chi connectivity index (χ4n) is 4.43. The van der Waals surface area contributed by atoms with Crippen molar-refractivity contribution in [2.24, 2.45) is 5.92 Å². The van der Waals surface area contributed by atoms with Crippen molar-refractivity contribution in [2.45, 2.75) is 51.0 Å². The quantitative estimate of drug-likeness (QED) is 0.646. The predicted octanol–water partition coefficient (Wildman–Crippen LogP) is 3.99. The molecule has 2 aromatic carbocycles. The van der Waals surface area contributed by atoms with Crippen LogP contribution in [0.15, 0.2) is 57.8 Å². The van der Waals surface area contributed by atoms with Crippen LogP contribution in [0.1, 0.15) is 43.4 Å². The molecule has 1 saturated carbocycles. The van der Waals surface area contributed by atoms with Gasteiger partial charge in [-0.05, 0) is 43.0 Å². The first kappa shape index (κ1) is 20.3. The summed E-state index contributed by atoms with van der Waals surface area (Å²) in [6, 6.07) is 14.6. The molecule has 1 fully saturated rings. The number of aromatic nitrogens is 1. The van der Waals surface area contributed by atoms with Crippen LogP contribution in [0.4, 0.5) is 5.69 Å². The van der Waals surface area contributed by atoms with E-state index in [1.54, 1.807) is 25.1 Å². The Bertz CT molecular complexity index is 1100.